The summed E-state index contributed by atoms with van der Waals surface area (Å²) in [5.74, 6) is -0.958. The van der Waals surface area contributed by atoms with Crippen molar-refractivity contribution >= 4 is 23.4 Å². The van der Waals surface area contributed by atoms with Crippen LogP contribution in [0.3, 0.4) is 0 Å². The van der Waals surface area contributed by atoms with Crippen LogP contribution in [-0.4, -0.2) is 23.5 Å². The molecule has 1 aromatic rings. The normalized spacial score (nSPS) is 10.3. The number of carbonyl (C=O) groups excluding carboxylic acids is 1. The molecule has 0 heterocycles. The van der Waals surface area contributed by atoms with Crippen molar-refractivity contribution in [1.29, 1.82) is 0 Å². The van der Waals surface area contributed by atoms with Crippen molar-refractivity contribution in [2.75, 3.05) is 6.61 Å². The van der Waals surface area contributed by atoms with Crippen molar-refractivity contribution in [2.24, 2.45) is 5.92 Å². The lowest BCUT2D eigenvalue weighted by atomic mass is 9.96. The van der Waals surface area contributed by atoms with E-state index in [4.69, 9.17) is 21.4 Å². The minimum Gasteiger partial charge on any atom is -0.482 e. The monoisotopic (exact) mass is 282 g/mol. The van der Waals surface area contributed by atoms with Crippen LogP contribution in [-0.2, 0) is 4.79 Å². The summed E-state index contributed by atoms with van der Waals surface area (Å²) in [6.45, 7) is 7.03. The van der Waals surface area contributed by atoms with Crippen LogP contribution in [0, 0.1) is 5.92 Å². The van der Waals surface area contributed by atoms with Crippen molar-refractivity contribution < 1.29 is 19.4 Å². The summed E-state index contributed by atoms with van der Waals surface area (Å²) < 4.78 is 4.97. The summed E-state index contributed by atoms with van der Waals surface area (Å²) in [4.78, 5) is 22.4. The second-order valence-corrected chi connectivity index (χ2v) is 4.74. The number of halogens is 1. The molecular weight excluding hydrogens is 268 g/mol. The maximum absolute atomic E-state index is 12.1. The first-order chi connectivity index (χ1) is 8.82. The van der Waals surface area contributed by atoms with Crippen LogP contribution in [0.2, 0.25) is 5.02 Å². The highest BCUT2D eigenvalue weighted by atomic mass is 35.5. The number of hydrogen-bond donors (Lipinski definition) is 1. The first-order valence-electron chi connectivity index (χ1n) is 5.70. The lowest BCUT2D eigenvalue weighted by Gasteiger charge is -2.11. The lowest BCUT2D eigenvalue weighted by molar-refractivity contribution is -0.139. The Kier molecular flexibility index (Phi) is 5.12. The molecule has 0 fully saturated rings. The van der Waals surface area contributed by atoms with Gasteiger partial charge in [-0.3, -0.25) is 4.79 Å². The molecule has 0 unspecified atom stereocenters. The van der Waals surface area contributed by atoms with E-state index in [1.54, 1.807) is 0 Å². The average Bonchev–Trinajstić information content (AvgIpc) is 2.34. The van der Waals surface area contributed by atoms with Gasteiger partial charge in [0.05, 0.1) is 5.02 Å². The Hall–Kier alpha value is -1.81. The van der Waals surface area contributed by atoms with Crippen molar-refractivity contribution in [3.05, 3.63) is 40.9 Å². The number of carboxylic acid groups (broad SMARTS) is 1. The molecule has 0 atom stereocenters. The Morgan fingerprint density at radius 1 is 1.42 bits per heavy atom. The number of carbonyl (C=O) groups is 2. The third-order valence-corrected chi connectivity index (χ3v) is 2.85. The highest BCUT2D eigenvalue weighted by molar-refractivity contribution is 6.35. The number of ketones is 1. The number of benzene rings is 1. The van der Waals surface area contributed by atoms with Crippen molar-refractivity contribution in [3.8, 4) is 5.75 Å². The van der Waals surface area contributed by atoms with E-state index in [-0.39, 0.29) is 16.7 Å². The van der Waals surface area contributed by atoms with E-state index in [2.05, 4.69) is 6.58 Å². The van der Waals surface area contributed by atoms with Gasteiger partial charge in [0, 0.05) is 5.56 Å². The second-order valence-electron chi connectivity index (χ2n) is 4.33. The zero-order valence-corrected chi connectivity index (χ0v) is 11.5. The van der Waals surface area contributed by atoms with E-state index >= 15 is 0 Å². The number of hydrogen-bond acceptors (Lipinski definition) is 3. The maximum Gasteiger partial charge on any atom is 0.341 e. The molecule has 0 aromatic heterocycles. The van der Waals surface area contributed by atoms with E-state index in [1.807, 2.05) is 13.8 Å². The van der Waals surface area contributed by atoms with Gasteiger partial charge in [-0.05, 0) is 29.7 Å². The molecule has 0 bridgehead atoms. The number of allylic oxidation sites excluding steroid dienone is 1. The molecule has 5 heteroatoms. The molecule has 1 N–H and O–H groups in total. The molecule has 0 radical (unpaired) electrons. The zero-order chi connectivity index (χ0) is 14.6. The van der Waals surface area contributed by atoms with Crippen molar-refractivity contribution in [2.45, 2.75) is 13.8 Å². The second kappa shape index (κ2) is 6.38. The molecule has 102 valence electrons. The predicted molar refractivity (Wildman–Crippen MR) is 72.9 cm³/mol. The topological polar surface area (TPSA) is 63.6 Å². The molecule has 1 aromatic carbocycles. The molecule has 19 heavy (non-hydrogen) atoms. The molecule has 4 nitrogen and oxygen atoms in total. The summed E-state index contributed by atoms with van der Waals surface area (Å²) >= 11 is 6.00. The quantitative estimate of drug-likeness (QED) is 0.643. The standard InChI is InChI=1S/C14H15ClO4/c1-8(2)9(3)14(18)11-5-4-10(6-12(11)15)19-7-13(16)17/h4-6,8H,3,7H2,1-2H3,(H,16,17). The first kappa shape index (κ1) is 15.2. The number of aliphatic carboxylic acids is 1. The third kappa shape index (κ3) is 4.10. The molecule has 1 rings (SSSR count). The van der Waals surface area contributed by atoms with Crippen LogP contribution in [0.1, 0.15) is 24.2 Å². The van der Waals surface area contributed by atoms with Gasteiger partial charge >= 0.3 is 5.97 Å². The molecule has 0 aliphatic heterocycles. The van der Waals surface area contributed by atoms with Crippen LogP contribution in [0.25, 0.3) is 0 Å². The van der Waals surface area contributed by atoms with E-state index < -0.39 is 12.6 Å². The Morgan fingerprint density at radius 3 is 2.53 bits per heavy atom. The SMILES string of the molecule is C=C(C(=O)c1ccc(OCC(=O)O)cc1Cl)C(C)C. The summed E-state index contributed by atoms with van der Waals surface area (Å²) in [6.07, 6.45) is 0. The number of Topliss-reactive ketones (excluding diaryl/α,β-unsaturated/α-hetero) is 1. The van der Waals surface area contributed by atoms with Gasteiger partial charge in [0.15, 0.2) is 12.4 Å². The minimum absolute atomic E-state index is 0.0338. The fraction of sp³-hybridized carbons (Fsp3) is 0.286. The van der Waals surface area contributed by atoms with Gasteiger partial charge in [-0.1, -0.05) is 32.0 Å². The largest absolute Gasteiger partial charge is 0.482 e. The van der Waals surface area contributed by atoms with E-state index in [0.29, 0.717) is 16.9 Å². The van der Waals surface area contributed by atoms with E-state index in [0.717, 1.165) is 0 Å². The van der Waals surface area contributed by atoms with Crippen LogP contribution >= 0.6 is 11.6 Å². The number of rotatable bonds is 6. The highest BCUT2D eigenvalue weighted by Gasteiger charge is 2.16. The van der Waals surface area contributed by atoms with Gasteiger partial charge in [-0.2, -0.15) is 0 Å². The molecule has 0 spiro atoms. The third-order valence-electron chi connectivity index (χ3n) is 2.54. The van der Waals surface area contributed by atoms with Gasteiger partial charge in [-0.15, -0.1) is 0 Å². The van der Waals surface area contributed by atoms with Crippen molar-refractivity contribution in [1.82, 2.24) is 0 Å². The first-order valence-corrected chi connectivity index (χ1v) is 6.08. The Morgan fingerprint density at radius 2 is 2.05 bits per heavy atom. The Labute approximate surface area is 116 Å². The van der Waals surface area contributed by atoms with Gasteiger partial charge in [0.1, 0.15) is 5.75 Å². The maximum atomic E-state index is 12.1. The number of ether oxygens (including phenoxy) is 1. The highest BCUT2D eigenvalue weighted by Crippen LogP contribution is 2.26. The van der Waals surface area contributed by atoms with Crippen LogP contribution in [0.5, 0.6) is 5.75 Å². The smallest absolute Gasteiger partial charge is 0.341 e. The number of carboxylic acids is 1. The van der Waals surface area contributed by atoms with Gasteiger partial charge in [-0.25, -0.2) is 4.79 Å². The van der Waals surface area contributed by atoms with E-state index in [9.17, 15) is 9.59 Å². The average molecular weight is 283 g/mol. The van der Waals surface area contributed by atoms with Crippen molar-refractivity contribution in [3.63, 3.8) is 0 Å². The minimum atomic E-state index is -1.08. The lowest BCUT2D eigenvalue weighted by Crippen LogP contribution is -2.10. The fourth-order valence-corrected chi connectivity index (χ4v) is 1.61. The van der Waals surface area contributed by atoms with Crippen LogP contribution < -0.4 is 4.74 Å². The van der Waals surface area contributed by atoms with Crippen LogP contribution in [0.15, 0.2) is 30.4 Å². The summed E-state index contributed by atoms with van der Waals surface area (Å²) in [5.41, 5.74) is 0.809. The van der Waals surface area contributed by atoms with E-state index in [1.165, 1.54) is 18.2 Å². The van der Waals surface area contributed by atoms with Gasteiger partial charge in [0.2, 0.25) is 0 Å². The fourth-order valence-electron chi connectivity index (χ4n) is 1.35. The Balaban J connectivity index is 2.91. The zero-order valence-electron chi connectivity index (χ0n) is 10.8. The molecule has 0 saturated carbocycles. The van der Waals surface area contributed by atoms with Crippen LogP contribution in [0.4, 0.5) is 0 Å². The summed E-state index contributed by atoms with van der Waals surface area (Å²) in [7, 11) is 0. The molecule has 0 aliphatic carbocycles. The summed E-state index contributed by atoms with van der Waals surface area (Å²) in [6, 6.07) is 4.44. The molecule has 0 saturated heterocycles. The predicted octanol–water partition coefficient (Wildman–Crippen LogP) is 3.20. The molecular formula is C14H15ClO4. The molecule has 0 aliphatic rings. The Bertz CT molecular complexity index is 520. The summed E-state index contributed by atoms with van der Waals surface area (Å²) in [5, 5.41) is 8.71. The molecule has 0 amide bonds. The van der Waals surface area contributed by atoms with Gasteiger partial charge in [0.25, 0.3) is 0 Å². The van der Waals surface area contributed by atoms with Gasteiger partial charge < -0.3 is 9.84 Å².